The summed E-state index contributed by atoms with van der Waals surface area (Å²) in [7, 11) is 0. The first kappa shape index (κ1) is 16.8. The van der Waals surface area contributed by atoms with Crippen LogP contribution in [0.25, 0.3) is 0 Å². The van der Waals surface area contributed by atoms with Crippen molar-refractivity contribution in [2.75, 3.05) is 6.61 Å². The fourth-order valence-electron chi connectivity index (χ4n) is 4.28. The minimum absolute atomic E-state index is 0.314. The van der Waals surface area contributed by atoms with Crippen LogP contribution in [0.15, 0.2) is 18.2 Å². The van der Waals surface area contributed by atoms with Gasteiger partial charge in [-0.2, -0.15) is 0 Å². The number of aliphatic hydroxyl groups is 1. The van der Waals surface area contributed by atoms with Crippen molar-refractivity contribution < 1.29 is 9.84 Å². The lowest BCUT2D eigenvalue weighted by atomic mass is 9.72. The molecular formula is C21H32O2. The van der Waals surface area contributed by atoms with Crippen LogP contribution in [0.5, 0.6) is 5.75 Å². The van der Waals surface area contributed by atoms with Crippen LogP contribution in [0.4, 0.5) is 0 Å². The van der Waals surface area contributed by atoms with Gasteiger partial charge in [0.2, 0.25) is 0 Å². The first-order chi connectivity index (χ1) is 11.0. The molecule has 2 aliphatic carbocycles. The maximum Gasteiger partial charge on any atom is 0.120 e. The minimum Gasteiger partial charge on any atom is -0.490 e. The summed E-state index contributed by atoms with van der Waals surface area (Å²) >= 11 is 0. The molecule has 0 aromatic heterocycles. The average Bonchev–Trinajstić information content (AvgIpc) is 2.54. The Labute approximate surface area is 141 Å². The Morgan fingerprint density at radius 3 is 2.43 bits per heavy atom. The molecule has 0 radical (unpaired) electrons. The number of ether oxygens (including phenoxy) is 1. The van der Waals surface area contributed by atoms with Gasteiger partial charge in [-0.1, -0.05) is 26.8 Å². The first-order valence-electron chi connectivity index (χ1n) is 9.35. The summed E-state index contributed by atoms with van der Waals surface area (Å²) in [5, 5.41) is 9.34. The number of benzene rings is 1. The summed E-state index contributed by atoms with van der Waals surface area (Å²) in [5.41, 5.74) is 3.26. The highest BCUT2D eigenvalue weighted by Crippen LogP contribution is 2.39. The molecule has 0 heterocycles. The zero-order valence-electron chi connectivity index (χ0n) is 15.0. The van der Waals surface area contributed by atoms with E-state index in [2.05, 4.69) is 39.0 Å². The Hall–Kier alpha value is -1.02. The number of fused-ring (bicyclic) bond motifs is 1. The molecule has 0 spiro atoms. The van der Waals surface area contributed by atoms with Crippen LogP contribution in [0.2, 0.25) is 0 Å². The molecule has 2 aliphatic rings. The molecule has 1 N–H and O–H groups in total. The lowest BCUT2D eigenvalue weighted by Crippen LogP contribution is -2.30. The molecule has 128 valence electrons. The van der Waals surface area contributed by atoms with Gasteiger partial charge >= 0.3 is 0 Å². The third-order valence-electron chi connectivity index (χ3n) is 5.97. The topological polar surface area (TPSA) is 29.5 Å². The lowest BCUT2D eigenvalue weighted by Gasteiger charge is -2.37. The normalized spacial score (nSPS) is 28.3. The molecule has 0 bridgehead atoms. The molecule has 0 amide bonds. The molecule has 1 atom stereocenters. The number of rotatable bonds is 3. The minimum atomic E-state index is 0.314. The van der Waals surface area contributed by atoms with Crippen LogP contribution < -0.4 is 4.74 Å². The van der Waals surface area contributed by atoms with Crippen molar-refractivity contribution in [1.29, 1.82) is 0 Å². The summed E-state index contributed by atoms with van der Waals surface area (Å²) in [6.45, 7) is 7.40. The summed E-state index contributed by atoms with van der Waals surface area (Å²) < 4.78 is 6.29. The van der Waals surface area contributed by atoms with E-state index in [1.165, 1.54) is 36.8 Å². The van der Waals surface area contributed by atoms with Gasteiger partial charge < -0.3 is 9.84 Å². The van der Waals surface area contributed by atoms with Crippen LogP contribution in [0.3, 0.4) is 0 Å². The van der Waals surface area contributed by atoms with Crippen molar-refractivity contribution in [3.05, 3.63) is 29.3 Å². The van der Waals surface area contributed by atoms with Gasteiger partial charge in [-0.15, -0.1) is 0 Å². The highest BCUT2D eigenvalue weighted by atomic mass is 16.5. The Morgan fingerprint density at radius 1 is 1.04 bits per heavy atom. The van der Waals surface area contributed by atoms with E-state index in [0.717, 1.165) is 30.9 Å². The maximum atomic E-state index is 9.34. The second kappa shape index (κ2) is 6.84. The van der Waals surface area contributed by atoms with E-state index in [0.29, 0.717) is 24.0 Å². The van der Waals surface area contributed by atoms with Gasteiger partial charge in [-0.05, 0) is 85.5 Å². The van der Waals surface area contributed by atoms with Crippen LogP contribution in [-0.4, -0.2) is 17.8 Å². The first-order valence-corrected chi connectivity index (χ1v) is 9.35. The molecule has 1 unspecified atom stereocenters. The molecule has 2 nitrogen and oxygen atoms in total. The van der Waals surface area contributed by atoms with E-state index in [9.17, 15) is 5.11 Å². The predicted molar refractivity (Wildman–Crippen MR) is 94.9 cm³/mol. The molecule has 1 fully saturated rings. The molecular weight excluding hydrogens is 284 g/mol. The maximum absolute atomic E-state index is 9.34. The van der Waals surface area contributed by atoms with Gasteiger partial charge in [0.25, 0.3) is 0 Å². The lowest BCUT2D eigenvalue weighted by molar-refractivity contribution is 0.0881. The molecule has 23 heavy (non-hydrogen) atoms. The zero-order valence-corrected chi connectivity index (χ0v) is 15.0. The highest BCUT2D eigenvalue weighted by molar-refractivity contribution is 5.37. The molecule has 0 aliphatic heterocycles. The standard InChI is InChI=1S/C21H32O2/c1-21(2,3)18-7-10-19(11-8-18)23-20-9-6-16-12-15(14-22)4-5-17(16)13-20/h6,9,13,15,18-19,22H,4-5,7-8,10-12,14H2,1-3H3/t15?,18-,19-. The number of aryl methyl sites for hydroxylation is 1. The largest absolute Gasteiger partial charge is 0.490 e. The predicted octanol–water partition coefficient (Wildman–Crippen LogP) is 4.77. The fraction of sp³-hybridized carbons (Fsp3) is 0.714. The number of hydrogen-bond acceptors (Lipinski definition) is 2. The van der Waals surface area contributed by atoms with Crippen LogP contribution in [-0.2, 0) is 12.8 Å². The summed E-state index contributed by atoms with van der Waals surface area (Å²) in [4.78, 5) is 0. The Morgan fingerprint density at radius 2 is 1.78 bits per heavy atom. The quantitative estimate of drug-likeness (QED) is 0.870. The molecule has 1 saturated carbocycles. The van der Waals surface area contributed by atoms with Crippen LogP contribution >= 0.6 is 0 Å². The van der Waals surface area contributed by atoms with Crippen molar-refractivity contribution in [3.63, 3.8) is 0 Å². The van der Waals surface area contributed by atoms with Gasteiger partial charge in [0.15, 0.2) is 0 Å². The van der Waals surface area contributed by atoms with Crippen molar-refractivity contribution in [1.82, 2.24) is 0 Å². The summed E-state index contributed by atoms with van der Waals surface area (Å²) in [6, 6.07) is 6.60. The van der Waals surface area contributed by atoms with E-state index in [1.54, 1.807) is 0 Å². The van der Waals surface area contributed by atoms with Gasteiger partial charge in [0.1, 0.15) is 5.75 Å². The average molecular weight is 316 g/mol. The molecule has 0 saturated heterocycles. The van der Waals surface area contributed by atoms with Crippen molar-refractivity contribution >= 4 is 0 Å². The number of aliphatic hydroxyl groups excluding tert-OH is 1. The van der Waals surface area contributed by atoms with E-state index in [-0.39, 0.29) is 0 Å². The van der Waals surface area contributed by atoms with Gasteiger partial charge in [0, 0.05) is 6.61 Å². The Kier molecular flexibility index (Phi) is 5.01. The molecule has 3 rings (SSSR count). The third-order valence-corrected chi connectivity index (χ3v) is 5.97. The van der Waals surface area contributed by atoms with Crippen LogP contribution in [0, 0.1) is 17.3 Å². The van der Waals surface area contributed by atoms with Gasteiger partial charge in [-0.3, -0.25) is 0 Å². The summed E-state index contributed by atoms with van der Waals surface area (Å²) in [5.74, 6) is 2.33. The molecule has 1 aromatic rings. The van der Waals surface area contributed by atoms with E-state index >= 15 is 0 Å². The Balaban J connectivity index is 1.58. The molecule has 2 heteroatoms. The van der Waals surface area contributed by atoms with Gasteiger partial charge in [0.05, 0.1) is 6.10 Å². The van der Waals surface area contributed by atoms with Gasteiger partial charge in [-0.25, -0.2) is 0 Å². The summed E-state index contributed by atoms with van der Waals surface area (Å²) in [6.07, 6.45) is 8.53. The highest BCUT2D eigenvalue weighted by Gasteiger charge is 2.30. The zero-order chi connectivity index (χ0) is 16.4. The van der Waals surface area contributed by atoms with E-state index in [1.807, 2.05) is 0 Å². The van der Waals surface area contributed by atoms with E-state index < -0.39 is 0 Å². The smallest absolute Gasteiger partial charge is 0.120 e. The van der Waals surface area contributed by atoms with Crippen molar-refractivity contribution in [2.45, 2.75) is 71.8 Å². The van der Waals surface area contributed by atoms with Crippen LogP contribution in [0.1, 0.15) is 64.0 Å². The van der Waals surface area contributed by atoms with E-state index in [4.69, 9.17) is 4.74 Å². The number of hydrogen-bond donors (Lipinski definition) is 1. The third kappa shape index (κ3) is 4.09. The SMILES string of the molecule is CC(C)(C)[C@H]1CC[C@H](Oc2ccc3c(c2)CCC(CO)C3)CC1. The second-order valence-corrected chi connectivity index (χ2v) is 8.68. The second-order valence-electron chi connectivity index (χ2n) is 8.68. The van der Waals surface area contributed by atoms with Crippen molar-refractivity contribution in [2.24, 2.45) is 17.3 Å². The monoisotopic (exact) mass is 316 g/mol. The molecule has 1 aromatic carbocycles. The van der Waals surface area contributed by atoms with Crippen molar-refractivity contribution in [3.8, 4) is 5.75 Å². The Bertz CT molecular complexity index is 521. The fourth-order valence-corrected chi connectivity index (χ4v) is 4.28.